The quantitative estimate of drug-likeness (QED) is 0.153. The molecule has 318 valence electrons. The minimum atomic E-state index is 0.571. The number of para-hydroxylation sites is 2. The lowest BCUT2D eigenvalue weighted by Crippen LogP contribution is -2.06. The molecule has 13 aromatic rings. The summed E-state index contributed by atoms with van der Waals surface area (Å²) in [6.07, 6.45) is 0. The first kappa shape index (κ1) is 39.1. The second-order valence-electron chi connectivity index (χ2n) is 17.1. The average molecular weight is 869 g/mol. The molecule has 0 spiro atoms. The van der Waals surface area contributed by atoms with Gasteiger partial charge >= 0.3 is 0 Å². The summed E-state index contributed by atoms with van der Waals surface area (Å²) < 4.78 is 4.60. The largest absolute Gasteiger partial charge is 0.309 e. The van der Waals surface area contributed by atoms with Gasteiger partial charge in [-0.2, -0.15) is 9.97 Å². The van der Waals surface area contributed by atoms with Crippen LogP contribution in [0.4, 0.5) is 0 Å². The predicted molar refractivity (Wildman–Crippen MR) is 279 cm³/mol. The van der Waals surface area contributed by atoms with Crippen molar-refractivity contribution in [2.24, 2.45) is 0 Å². The molecule has 0 amide bonds. The van der Waals surface area contributed by atoms with Crippen molar-refractivity contribution in [2.75, 3.05) is 0 Å². The summed E-state index contributed by atoms with van der Waals surface area (Å²) in [5.74, 6) is 1.82. The number of hydrogen-bond acceptors (Lipinski definition) is 4. The van der Waals surface area contributed by atoms with Gasteiger partial charge in [-0.05, 0) is 76.9 Å². The Labute approximate surface area is 392 Å². The fourth-order valence-corrected chi connectivity index (χ4v) is 9.72. The number of rotatable bonds is 8. The topological polar surface area (TPSA) is 61.4 Å². The Balaban J connectivity index is 0.964. The summed E-state index contributed by atoms with van der Waals surface area (Å²) in [6, 6.07) is 85.2. The molecule has 0 fully saturated rings. The van der Waals surface area contributed by atoms with Gasteiger partial charge in [0.05, 0.1) is 33.5 Å². The van der Waals surface area contributed by atoms with E-state index in [1.54, 1.807) is 0 Å². The van der Waals surface area contributed by atoms with E-state index in [1.807, 2.05) is 66.7 Å². The SMILES string of the molecule is c1ccc(-c2cccc(-c3cc(-c4ccc(-n5c6ccccc6c6cc7c(cc65)c5ccccc5n7-c5nc(-c6ccccc6)nc(-c6ccccc6)n5)cc4)cc(-c4ccccc4)n3)c2)cc1. The third-order valence-corrected chi connectivity index (χ3v) is 13.0. The molecule has 9 aromatic carbocycles. The molecule has 6 heteroatoms. The molecular formula is C62H40N6. The molecule has 0 saturated heterocycles. The highest BCUT2D eigenvalue weighted by Gasteiger charge is 2.21. The van der Waals surface area contributed by atoms with Crippen LogP contribution in [0.2, 0.25) is 0 Å². The molecule has 13 rings (SSSR count). The van der Waals surface area contributed by atoms with E-state index in [0.29, 0.717) is 17.6 Å². The van der Waals surface area contributed by atoms with E-state index in [-0.39, 0.29) is 0 Å². The first-order valence-corrected chi connectivity index (χ1v) is 22.9. The van der Waals surface area contributed by atoms with Crippen LogP contribution in [0.25, 0.3) is 123 Å². The average Bonchev–Trinajstić information content (AvgIpc) is 3.93. The molecular weight excluding hydrogens is 829 g/mol. The zero-order valence-electron chi connectivity index (χ0n) is 36.8. The Morgan fingerprint density at radius 3 is 1.26 bits per heavy atom. The Morgan fingerprint density at radius 2 is 0.676 bits per heavy atom. The predicted octanol–water partition coefficient (Wildman–Crippen LogP) is 15.5. The second-order valence-corrected chi connectivity index (χ2v) is 17.1. The normalized spacial score (nSPS) is 11.5. The lowest BCUT2D eigenvalue weighted by atomic mass is 9.97. The van der Waals surface area contributed by atoms with Crippen LogP contribution in [-0.4, -0.2) is 29.1 Å². The van der Waals surface area contributed by atoms with Crippen molar-refractivity contribution in [2.45, 2.75) is 0 Å². The number of nitrogens with zero attached hydrogens (tertiary/aromatic N) is 6. The number of fused-ring (bicyclic) bond motifs is 6. The van der Waals surface area contributed by atoms with Crippen molar-refractivity contribution in [3.63, 3.8) is 0 Å². The van der Waals surface area contributed by atoms with Crippen molar-refractivity contribution < 1.29 is 0 Å². The van der Waals surface area contributed by atoms with Gasteiger partial charge in [-0.1, -0.05) is 188 Å². The lowest BCUT2D eigenvalue weighted by Gasteiger charge is -2.13. The first-order valence-electron chi connectivity index (χ1n) is 22.9. The molecule has 0 aliphatic rings. The summed E-state index contributed by atoms with van der Waals surface area (Å²) in [5, 5.41) is 4.55. The van der Waals surface area contributed by atoms with Crippen LogP contribution in [0.15, 0.2) is 243 Å². The fraction of sp³-hybridized carbons (Fsp3) is 0. The zero-order chi connectivity index (χ0) is 45.0. The van der Waals surface area contributed by atoms with E-state index in [9.17, 15) is 0 Å². The summed E-state index contributed by atoms with van der Waals surface area (Å²) in [6.45, 7) is 0. The van der Waals surface area contributed by atoms with Crippen LogP contribution in [0.1, 0.15) is 0 Å². The Bertz CT molecular complexity index is 3930. The van der Waals surface area contributed by atoms with Gasteiger partial charge in [-0.25, -0.2) is 9.97 Å². The van der Waals surface area contributed by atoms with Crippen LogP contribution in [0.3, 0.4) is 0 Å². The number of pyridine rings is 1. The minimum absolute atomic E-state index is 0.571. The number of benzene rings is 9. The van der Waals surface area contributed by atoms with Gasteiger partial charge in [0.25, 0.3) is 0 Å². The van der Waals surface area contributed by atoms with Crippen molar-refractivity contribution in [1.82, 2.24) is 29.1 Å². The van der Waals surface area contributed by atoms with Crippen molar-refractivity contribution in [3.8, 4) is 79.2 Å². The number of aromatic nitrogens is 6. The molecule has 6 nitrogen and oxygen atoms in total. The highest BCUT2D eigenvalue weighted by molar-refractivity contribution is 6.19. The Kier molecular flexibility index (Phi) is 9.39. The van der Waals surface area contributed by atoms with Gasteiger partial charge in [0.15, 0.2) is 11.6 Å². The van der Waals surface area contributed by atoms with Gasteiger partial charge in [0, 0.05) is 49.5 Å². The third kappa shape index (κ3) is 6.82. The van der Waals surface area contributed by atoms with Gasteiger partial charge < -0.3 is 4.57 Å². The van der Waals surface area contributed by atoms with E-state index < -0.39 is 0 Å². The molecule has 0 aliphatic heterocycles. The molecule has 4 aromatic heterocycles. The summed E-state index contributed by atoms with van der Waals surface area (Å²) >= 11 is 0. The van der Waals surface area contributed by atoms with E-state index in [4.69, 9.17) is 19.9 Å². The van der Waals surface area contributed by atoms with E-state index in [1.165, 1.54) is 10.9 Å². The molecule has 4 heterocycles. The molecule has 68 heavy (non-hydrogen) atoms. The molecule has 0 aliphatic carbocycles. The molecule has 0 N–H and O–H groups in total. The van der Waals surface area contributed by atoms with Crippen molar-refractivity contribution in [1.29, 1.82) is 0 Å². The Hall–Kier alpha value is -9.26. The van der Waals surface area contributed by atoms with Gasteiger partial charge in [0.1, 0.15) is 0 Å². The highest BCUT2D eigenvalue weighted by Crippen LogP contribution is 2.40. The smallest absolute Gasteiger partial charge is 0.238 e. The molecule has 0 atom stereocenters. The minimum Gasteiger partial charge on any atom is -0.309 e. The highest BCUT2D eigenvalue weighted by atomic mass is 15.2. The third-order valence-electron chi connectivity index (χ3n) is 13.0. The standard InChI is InChI=1S/C62H40N6/c1-5-18-41(19-6-1)46-26-17-27-47(36-46)55-38-48(37-54(63-55)43-20-7-2-8-21-43)42-32-34-49(35-33-42)67-56-30-15-13-28-50(56)52-40-59-53(39-58(52)67)51-29-14-16-31-57(51)68(59)62-65-60(44-22-9-3-10-23-44)64-61(66-62)45-24-11-4-12-25-45/h1-40H. The maximum atomic E-state index is 5.25. The Morgan fingerprint density at radius 1 is 0.235 bits per heavy atom. The van der Waals surface area contributed by atoms with Crippen molar-refractivity contribution >= 4 is 43.6 Å². The second kappa shape index (κ2) is 16.3. The van der Waals surface area contributed by atoms with Gasteiger partial charge in [-0.3, -0.25) is 4.57 Å². The van der Waals surface area contributed by atoms with Crippen LogP contribution in [0, 0.1) is 0 Å². The summed E-state index contributed by atoms with van der Waals surface area (Å²) in [7, 11) is 0. The van der Waals surface area contributed by atoms with E-state index >= 15 is 0 Å². The molecule has 0 unspecified atom stereocenters. The first-order chi connectivity index (χ1) is 33.7. The van der Waals surface area contributed by atoms with Crippen molar-refractivity contribution in [3.05, 3.63) is 243 Å². The monoisotopic (exact) mass is 868 g/mol. The maximum absolute atomic E-state index is 5.25. The van der Waals surface area contributed by atoms with Crippen LogP contribution < -0.4 is 0 Å². The van der Waals surface area contributed by atoms with Crippen LogP contribution in [0.5, 0.6) is 0 Å². The van der Waals surface area contributed by atoms with Crippen LogP contribution in [-0.2, 0) is 0 Å². The zero-order valence-corrected chi connectivity index (χ0v) is 36.8. The van der Waals surface area contributed by atoms with E-state index in [2.05, 4.69) is 185 Å². The fourth-order valence-electron chi connectivity index (χ4n) is 9.72. The summed E-state index contributed by atoms with van der Waals surface area (Å²) in [4.78, 5) is 20.6. The molecule has 0 saturated carbocycles. The molecule has 0 radical (unpaired) electrons. The van der Waals surface area contributed by atoms with Crippen LogP contribution >= 0.6 is 0 Å². The lowest BCUT2D eigenvalue weighted by molar-refractivity contribution is 0.954. The van der Waals surface area contributed by atoms with Gasteiger partial charge in [-0.15, -0.1) is 0 Å². The molecule has 0 bridgehead atoms. The van der Waals surface area contributed by atoms with Gasteiger partial charge in [0.2, 0.25) is 5.95 Å². The number of hydrogen-bond donors (Lipinski definition) is 0. The van der Waals surface area contributed by atoms with E-state index in [0.717, 1.165) is 94.2 Å². The maximum Gasteiger partial charge on any atom is 0.238 e. The summed E-state index contributed by atoms with van der Waals surface area (Å²) in [5.41, 5.74) is 15.8.